The highest BCUT2D eigenvalue weighted by Crippen LogP contribution is 2.35. The Balaban J connectivity index is 1.49. The first kappa shape index (κ1) is 21.7. The molecule has 0 N–H and O–H groups in total. The monoisotopic (exact) mass is 462 g/mol. The van der Waals surface area contributed by atoms with Crippen molar-refractivity contribution in [3.05, 3.63) is 111 Å². The van der Waals surface area contributed by atoms with E-state index in [4.69, 9.17) is 17.0 Å². The van der Waals surface area contributed by atoms with E-state index in [1.165, 1.54) is 23.9 Å². The average Bonchev–Trinajstić information content (AvgIpc) is 3.07. The van der Waals surface area contributed by atoms with Crippen molar-refractivity contribution in [3.63, 3.8) is 0 Å². The molecule has 0 unspecified atom stereocenters. The summed E-state index contributed by atoms with van der Waals surface area (Å²) in [7, 11) is 0. The van der Waals surface area contributed by atoms with Gasteiger partial charge in [-0.15, -0.1) is 0 Å². The van der Waals surface area contributed by atoms with Crippen molar-refractivity contribution in [2.45, 2.75) is 13.2 Å². The molecule has 4 rings (SSSR count). The molecule has 3 aromatic rings. The summed E-state index contributed by atoms with van der Waals surface area (Å²) in [4.78, 5) is 25.5. The number of carbonyl (C=O) groups excluding carboxylic acids is 1. The van der Waals surface area contributed by atoms with E-state index in [-0.39, 0.29) is 18.2 Å². The molecule has 32 heavy (non-hydrogen) atoms. The molecule has 1 heterocycles. The van der Waals surface area contributed by atoms with Crippen LogP contribution in [0.15, 0.2) is 83.8 Å². The fourth-order valence-corrected chi connectivity index (χ4v) is 4.40. The predicted molar refractivity (Wildman–Crippen MR) is 129 cm³/mol. The van der Waals surface area contributed by atoms with Crippen LogP contribution < -0.4 is 4.74 Å². The van der Waals surface area contributed by atoms with E-state index < -0.39 is 4.92 Å². The van der Waals surface area contributed by atoms with Gasteiger partial charge in [-0.05, 0) is 35.4 Å². The second-order valence-electron chi connectivity index (χ2n) is 7.00. The minimum atomic E-state index is -0.437. The van der Waals surface area contributed by atoms with E-state index >= 15 is 0 Å². The van der Waals surface area contributed by atoms with Gasteiger partial charge in [-0.1, -0.05) is 72.5 Å². The van der Waals surface area contributed by atoms with Crippen LogP contribution in [-0.4, -0.2) is 20.1 Å². The standard InChI is InChI=1S/C24H18N2O4S2/c27-23-22(32-24(31)25(23)15-17-6-2-1-3-7-17)14-19-8-4-5-9-21(19)30-16-18-10-12-20(13-11-18)26(28)29/h1-14H,15-16H2. The molecule has 0 saturated carbocycles. The molecule has 0 aromatic heterocycles. The van der Waals surface area contributed by atoms with Gasteiger partial charge in [-0.2, -0.15) is 0 Å². The fourth-order valence-electron chi connectivity index (χ4n) is 3.15. The van der Waals surface area contributed by atoms with Crippen molar-refractivity contribution in [2.24, 2.45) is 0 Å². The van der Waals surface area contributed by atoms with E-state index in [2.05, 4.69) is 0 Å². The molecule has 1 aliphatic rings. The number of rotatable bonds is 7. The molecule has 0 atom stereocenters. The largest absolute Gasteiger partial charge is 0.488 e. The zero-order valence-corrected chi connectivity index (χ0v) is 18.5. The Morgan fingerprint density at radius 2 is 1.66 bits per heavy atom. The number of para-hydroxylation sites is 1. The first-order valence-corrected chi connectivity index (χ1v) is 11.0. The van der Waals surface area contributed by atoms with Gasteiger partial charge in [0.25, 0.3) is 11.6 Å². The van der Waals surface area contributed by atoms with E-state index in [1.807, 2.05) is 54.6 Å². The number of ether oxygens (including phenoxy) is 1. The molecule has 0 bridgehead atoms. The maximum Gasteiger partial charge on any atom is 0.269 e. The Kier molecular flexibility index (Phi) is 6.63. The van der Waals surface area contributed by atoms with Crippen molar-refractivity contribution in [1.82, 2.24) is 4.90 Å². The van der Waals surface area contributed by atoms with Crippen LogP contribution in [0.2, 0.25) is 0 Å². The first-order valence-electron chi connectivity index (χ1n) is 9.76. The van der Waals surface area contributed by atoms with Crippen LogP contribution in [-0.2, 0) is 17.9 Å². The van der Waals surface area contributed by atoms with Gasteiger partial charge in [0.2, 0.25) is 0 Å². The Morgan fingerprint density at radius 3 is 2.38 bits per heavy atom. The maximum absolute atomic E-state index is 13.0. The SMILES string of the molecule is O=C1C(=Cc2ccccc2OCc2ccc([N+](=O)[O-])cc2)SC(=S)N1Cc1ccccc1. The van der Waals surface area contributed by atoms with Gasteiger partial charge >= 0.3 is 0 Å². The number of nitro benzene ring substituents is 1. The summed E-state index contributed by atoms with van der Waals surface area (Å²) in [5.41, 5.74) is 2.61. The number of hydrogen-bond acceptors (Lipinski definition) is 6. The fraction of sp³-hybridized carbons (Fsp3) is 0.0833. The predicted octanol–water partition coefficient (Wildman–Crippen LogP) is 5.58. The van der Waals surface area contributed by atoms with E-state index in [0.717, 1.165) is 16.7 Å². The lowest BCUT2D eigenvalue weighted by atomic mass is 10.1. The lowest BCUT2D eigenvalue weighted by Crippen LogP contribution is -2.27. The summed E-state index contributed by atoms with van der Waals surface area (Å²) in [6, 6.07) is 23.3. The second kappa shape index (κ2) is 9.76. The minimum Gasteiger partial charge on any atom is -0.488 e. The molecule has 6 nitrogen and oxygen atoms in total. The number of carbonyl (C=O) groups is 1. The molecule has 1 fully saturated rings. The van der Waals surface area contributed by atoms with Gasteiger partial charge in [0, 0.05) is 17.7 Å². The minimum absolute atomic E-state index is 0.0340. The van der Waals surface area contributed by atoms with Gasteiger partial charge in [0.05, 0.1) is 16.4 Å². The lowest BCUT2D eigenvalue weighted by molar-refractivity contribution is -0.384. The molecule has 1 amide bonds. The highest BCUT2D eigenvalue weighted by molar-refractivity contribution is 8.26. The Labute approximate surface area is 194 Å². The number of amides is 1. The summed E-state index contributed by atoms with van der Waals surface area (Å²) in [6.45, 7) is 0.680. The van der Waals surface area contributed by atoms with E-state index in [1.54, 1.807) is 23.1 Å². The number of thiocarbonyl (C=S) groups is 1. The van der Waals surface area contributed by atoms with Gasteiger partial charge in [-0.3, -0.25) is 19.8 Å². The summed E-state index contributed by atoms with van der Waals surface area (Å²) >= 11 is 6.71. The molecule has 8 heteroatoms. The quantitative estimate of drug-likeness (QED) is 0.198. The van der Waals surface area contributed by atoms with Crippen molar-refractivity contribution in [3.8, 4) is 5.75 Å². The molecule has 3 aromatic carbocycles. The maximum atomic E-state index is 13.0. The average molecular weight is 463 g/mol. The van der Waals surface area contributed by atoms with Crippen molar-refractivity contribution in [1.29, 1.82) is 0 Å². The number of hydrogen-bond donors (Lipinski definition) is 0. The molecule has 1 aliphatic heterocycles. The third-order valence-electron chi connectivity index (χ3n) is 4.80. The Hall–Kier alpha value is -3.49. The molecular formula is C24H18N2O4S2. The third kappa shape index (κ3) is 5.04. The number of non-ortho nitro benzene ring substituents is 1. The summed E-state index contributed by atoms with van der Waals surface area (Å²) in [6.07, 6.45) is 1.79. The molecular weight excluding hydrogens is 444 g/mol. The van der Waals surface area contributed by atoms with Crippen LogP contribution in [0.4, 0.5) is 5.69 Å². The first-order chi connectivity index (χ1) is 15.5. The summed E-state index contributed by atoms with van der Waals surface area (Å²) < 4.78 is 6.46. The molecule has 0 radical (unpaired) electrons. The van der Waals surface area contributed by atoms with Crippen LogP contribution in [0.1, 0.15) is 16.7 Å². The van der Waals surface area contributed by atoms with Crippen LogP contribution in [0.5, 0.6) is 5.75 Å². The van der Waals surface area contributed by atoms with Crippen LogP contribution in [0.3, 0.4) is 0 Å². The highest BCUT2D eigenvalue weighted by Gasteiger charge is 2.32. The van der Waals surface area contributed by atoms with Gasteiger partial charge in [0.1, 0.15) is 16.7 Å². The van der Waals surface area contributed by atoms with Gasteiger partial charge in [-0.25, -0.2) is 0 Å². The zero-order valence-electron chi connectivity index (χ0n) is 16.8. The van der Waals surface area contributed by atoms with E-state index in [9.17, 15) is 14.9 Å². The van der Waals surface area contributed by atoms with Crippen LogP contribution in [0.25, 0.3) is 6.08 Å². The summed E-state index contributed by atoms with van der Waals surface area (Å²) in [5.74, 6) is 0.480. The number of thioether (sulfide) groups is 1. The van der Waals surface area contributed by atoms with E-state index in [0.29, 0.717) is 21.5 Å². The molecule has 0 spiro atoms. The number of nitro groups is 1. The molecule has 1 saturated heterocycles. The smallest absolute Gasteiger partial charge is 0.269 e. The van der Waals surface area contributed by atoms with Gasteiger partial charge < -0.3 is 4.74 Å². The number of nitrogens with zero attached hydrogens (tertiary/aromatic N) is 2. The van der Waals surface area contributed by atoms with Crippen molar-refractivity contribution < 1.29 is 14.5 Å². The molecule has 160 valence electrons. The van der Waals surface area contributed by atoms with Crippen LogP contribution >= 0.6 is 24.0 Å². The topological polar surface area (TPSA) is 72.7 Å². The van der Waals surface area contributed by atoms with Crippen molar-refractivity contribution in [2.75, 3.05) is 0 Å². The lowest BCUT2D eigenvalue weighted by Gasteiger charge is -2.14. The second-order valence-corrected chi connectivity index (χ2v) is 8.68. The van der Waals surface area contributed by atoms with Crippen molar-refractivity contribution >= 4 is 46.0 Å². The Morgan fingerprint density at radius 1 is 0.969 bits per heavy atom. The summed E-state index contributed by atoms with van der Waals surface area (Å²) in [5, 5.41) is 10.8. The van der Waals surface area contributed by atoms with Crippen LogP contribution in [0, 0.1) is 10.1 Å². The number of benzene rings is 3. The third-order valence-corrected chi connectivity index (χ3v) is 6.18. The molecule has 0 aliphatic carbocycles. The highest BCUT2D eigenvalue weighted by atomic mass is 32.2. The zero-order chi connectivity index (χ0) is 22.5. The Bertz CT molecular complexity index is 1190. The van der Waals surface area contributed by atoms with Gasteiger partial charge in [0.15, 0.2) is 0 Å². The normalized spacial score (nSPS) is 14.8.